The van der Waals surface area contributed by atoms with E-state index in [2.05, 4.69) is 22.5 Å². The number of aromatic nitrogens is 1. The number of amides is 1. The molecule has 1 aromatic heterocycles. The van der Waals surface area contributed by atoms with E-state index in [1.807, 2.05) is 24.3 Å². The Morgan fingerprint density at radius 3 is 2.85 bits per heavy atom. The van der Waals surface area contributed by atoms with E-state index < -0.39 is 0 Å². The van der Waals surface area contributed by atoms with Gasteiger partial charge in [0.15, 0.2) is 0 Å². The third kappa shape index (κ3) is 4.09. The van der Waals surface area contributed by atoms with Gasteiger partial charge in [0, 0.05) is 38.1 Å². The molecule has 5 nitrogen and oxygen atoms in total. The predicted octanol–water partition coefficient (Wildman–Crippen LogP) is 3.38. The number of anilines is 1. The average molecular weight is 346 g/mol. The molecule has 0 bridgehead atoms. The second kappa shape index (κ2) is 8.30. The number of rotatable bonds is 6. The topological polar surface area (TPSA) is 60.2 Å². The summed E-state index contributed by atoms with van der Waals surface area (Å²) in [6, 6.07) is 13.3. The molecule has 26 heavy (non-hydrogen) atoms. The second-order valence-electron chi connectivity index (χ2n) is 6.38. The summed E-state index contributed by atoms with van der Waals surface area (Å²) >= 11 is 0. The molecular formula is C21H22N4O. The van der Waals surface area contributed by atoms with Crippen molar-refractivity contribution in [1.29, 1.82) is 5.26 Å². The number of carbonyl (C=O) groups is 1. The van der Waals surface area contributed by atoms with Crippen molar-refractivity contribution in [3.8, 4) is 6.07 Å². The van der Waals surface area contributed by atoms with E-state index in [-0.39, 0.29) is 5.91 Å². The van der Waals surface area contributed by atoms with Crippen molar-refractivity contribution in [3.05, 3.63) is 72.1 Å². The monoisotopic (exact) mass is 346 g/mol. The van der Waals surface area contributed by atoms with E-state index in [1.165, 1.54) is 12.8 Å². The van der Waals surface area contributed by atoms with Crippen LogP contribution in [0.3, 0.4) is 0 Å². The third-order valence-corrected chi connectivity index (χ3v) is 4.50. The zero-order valence-corrected chi connectivity index (χ0v) is 14.8. The van der Waals surface area contributed by atoms with Crippen molar-refractivity contribution in [2.45, 2.75) is 19.4 Å². The third-order valence-electron chi connectivity index (χ3n) is 4.50. The van der Waals surface area contributed by atoms with Gasteiger partial charge in [-0.2, -0.15) is 5.26 Å². The van der Waals surface area contributed by atoms with Gasteiger partial charge < -0.3 is 9.80 Å². The smallest absolute Gasteiger partial charge is 0.273 e. The van der Waals surface area contributed by atoms with Crippen molar-refractivity contribution in [2.24, 2.45) is 0 Å². The maximum absolute atomic E-state index is 13.0. The molecule has 1 aliphatic heterocycles. The summed E-state index contributed by atoms with van der Waals surface area (Å²) in [5, 5.41) is 9.06. The van der Waals surface area contributed by atoms with Crippen LogP contribution < -0.4 is 4.90 Å². The van der Waals surface area contributed by atoms with Crippen LogP contribution in [0, 0.1) is 11.3 Å². The Morgan fingerprint density at radius 1 is 1.31 bits per heavy atom. The molecule has 1 saturated heterocycles. The molecule has 3 rings (SSSR count). The van der Waals surface area contributed by atoms with Crippen LogP contribution >= 0.6 is 0 Å². The van der Waals surface area contributed by atoms with Gasteiger partial charge in [-0.1, -0.05) is 18.2 Å². The Balaban J connectivity index is 1.81. The van der Waals surface area contributed by atoms with Gasteiger partial charge >= 0.3 is 0 Å². The molecule has 0 radical (unpaired) electrons. The van der Waals surface area contributed by atoms with Gasteiger partial charge in [-0.15, -0.1) is 6.58 Å². The first-order valence-electron chi connectivity index (χ1n) is 8.81. The standard InChI is InChI=1S/C21H22N4O/c1-2-10-25(16-18-7-5-6-17(13-18)15-22)21(26)20-14-19(8-9-23-20)24-11-3-4-12-24/h2,5-9,13-14H,1,3-4,10-12,16H2. The van der Waals surface area contributed by atoms with E-state index in [1.54, 1.807) is 29.3 Å². The fourth-order valence-electron chi connectivity index (χ4n) is 3.21. The number of carbonyl (C=O) groups excluding carboxylic acids is 1. The van der Waals surface area contributed by atoms with E-state index in [4.69, 9.17) is 5.26 Å². The lowest BCUT2D eigenvalue weighted by Gasteiger charge is -2.22. The van der Waals surface area contributed by atoms with Crippen molar-refractivity contribution in [1.82, 2.24) is 9.88 Å². The molecule has 5 heteroatoms. The lowest BCUT2D eigenvalue weighted by molar-refractivity contribution is 0.0757. The number of pyridine rings is 1. The highest BCUT2D eigenvalue weighted by atomic mass is 16.2. The highest BCUT2D eigenvalue weighted by Crippen LogP contribution is 2.21. The van der Waals surface area contributed by atoms with Crippen LogP contribution in [0.5, 0.6) is 0 Å². The predicted molar refractivity (Wildman–Crippen MR) is 102 cm³/mol. The first kappa shape index (κ1) is 17.7. The molecule has 0 atom stereocenters. The Labute approximate surface area is 154 Å². The van der Waals surface area contributed by atoms with Crippen molar-refractivity contribution in [3.63, 3.8) is 0 Å². The molecule has 1 aromatic carbocycles. The molecule has 1 amide bonds. The molecule has 0 spiro atoms. The van der Waals surface area contributed by atoms with Gasteiger partial charge in [0.25, 0.3) is 5.91 Å². The molecule has 1 fully saturated rings. The molecular weight excluding hydrogens is 324 g/mol. The summed E-state index contributed by atoms with van der Waals surface area (Å²) in [5.41, 5.74) is 2.98. The lowest BCUT2D eigenvalue weighted by atomic mass is 10.1. The van der Waals surface area contributed by atoms with E-state index in [0.29, 0.717) is 24.3 Å². The summed E-state index contributed by atoms with van der Waals surface area (Å²) in [6.45, 7) is 6.64. The molecule has 0 aliphatic carbocycles. The Bertz CT molecular complexity index is 834. The maximum Gasteiger partial charge on any atom is 0.273 e. The summed E-state index contributed by atoms with van der Waals surface area (Å²) in [6.07, 6.45) is 5.77. The largest absolute Gasteiger partial charge is 0.371 e. The molecule has 0 unspecified atom stereocenters. The van der Waals surface area contributed by atoms with Crippen LogP contribution in [0.25, 0.3) is 0 Å². The number of benzene rings is 1. The first-order valence-corrected chi connectivity index (χ1v) is 8.81. The quantitative estimate of drug-likeness (QED) is 0.752. The average Bonchev–Trinajstić information content (AvgIpc) is 3.22. The van der Waals surface area contributed by atoms with Crippen LogP contribution in [-0.4, -0.2) is 35.4 Å². The van der Waals surface area contributed by atoms with Gasteiger partial charge in [-0.25, -0.2) is 0 Å². The zero-order chi connectivity index (χ0) is 18.4. The molecule has 1 aliphatic rings. The number of nitrogens with zero attached hydrogens (tertiary/aromatic N) is 4. The molecule has 2 heterocycles. The highest BCUT2D eigenvalue weighted by molar-refractivity contribution is 5.93. The highest BCUT2D eigenvalue weighted by Gasteiger charge is 2.19. The first-order chi connectivity index (χ1) is 12.7. The number of hydrogen-bond acceptors (Lipinski definition) is 4. The number of nitriles is 1. The zero-order valence-electron chi connectivity index (χ0n) is 14.8. The van der Waals surface area contributed by atoms with Crippen LogP contribution in [-0.2, 0) is 6.54 Å². The minimum absolute atomic E-state index is 0.131. The molecule has 0 N–H and O–H groups in total. The summed E-state index contributed by atoms with van der Waals surface area (Å²) in [7, 11) is 0. The fourth-order valence-corrected chi connectivity index (χ4v) is 3.21. The van der Waals surface area contributed by atoms with Crippen molar-refractivity contribution in [2.75, 3.05) is 24.5 Å². The molecule has 132 valence electrons. The van der Waals surface area contributed by atoms with Gasteiger partial charge in [-0.05, 0) is 42.7 Å². The lowest BCUT2D eigenvalue weighted by Crippen LogP contribution is -2.31. The SMILES string of the molecule is C=CCN(Cc1cccc(C#N)c1)C(=O)c1cc(N2CCCC2)ccn1. The summed E-state index contributed by atoms with van der Waals surface area (Å²) < 4.78 is 0. The van der Waals surface area contributed by atoms with Crippen LogP contribution in [0.1, 0.15) is 34.5 Å². The minimum Gasteiger partial charge on any atom is -0.371 e. The summed E-state index contributed by atoms with van der Waals surface area (Å²) in [4.78, 5) is 21.3. The van der Waals surface area contributed by atoms with Crippen molar-refractivity contribution >= 4 is 11.6 Å². The van der Waals surface area contributed by atoms with E-state index in [9.17, 15) is 4.79 Å². The van der Waals surface area contributed by atoms with Crippen LogP contribution in [0.4, 0.5) is 5.69 Å². The van der Waals surface area contributed by atoms with Gasteiger partial charge in [-0.3, -0.25) is 9.78 Å². The van der Waals surface area contributed by atoms with Crippen molar-refractivity contribution < 1.29 is 4.79 Å². The number of hydrogen-bond donors (Lipinski definition) is 0. The van der Waals surface area contributed by atoms with E-state index >= 15 is 0 Å². The Morgan fingerprint density at radius 2 is 2.12 bits per heavy atom. The summed E-state index contributed by atoms with van der Waals surface area (Å²) in [5.74, 6) is -0.131. The van der Waals surface area contributed by atoms with Crippen LogP contribution in [0.15, 0.2) is 55.3 Å². The molecule has 2 aromatic rings. The van der Waals surface area contributed by atoms with E-state index in [0.717, 1.165) is 24.3 Å². The Hall–Kier alpha value is -3.13. The van der Waals surface area contributed by atoms with Crippen LogP contribution in [0.2, 0.25) is 0 Å². The van der Waals surface area contributed by atoms with Gasteiger partial charge in [0.05, 0.1) is 11.6 Å². The minimum atomic E-state index is -0.131. The van der Waals surface area contributed by atoms with Gasteiger partial charge in [0.2, 0.25) is 0 Å². The normalized spacial score (nSPS) is 13.3. The maximum atomic E-state index is 13.0. The second-order valence-corrected chi connectivity index (χ2v) is 6.38. The Kier molecular flexibility index (Phi) is 5.65. The fraction of sp³-hybridized carbons (Fsp3) is 0.286. The molecule has 0 saturated carbocycles. The van der Waals surface area contributed by atoms with Gasteiger partial charge in [0.1, 0.15) is 5.69 Å².